The Bertz CT molecular complexity index is 252. The predicted octanol–water partition coefficient (Wildman–Crippen LogP) is 0.796. The molecule has 0 saturated heterocycles. The summed E-state index contributed by atoms with van der Waals surface area (Å²) in [4.78, 5) is 11.8. The lowest BCUT2D eigenvalue weighted by atomic mass is 10.1. The zero-order valence-corrected chi connectivity index (χ0v) is 10.5. The van der Waals surface area contributed by atoms with Crippen LogP contribution in [0.25, 0.3) is 0 Å². The molecule has 0 aromatic heterocycles. The van der Waals surface area contributed by atoms with Crippen molar-refractivity contribution in [2.24, 2.45) is 5.92 Å². The standard InChI is InChI=1S/C13H24N2O2/c16-9-10-4-3-7-12(10)15-13(17)8-14-11-5-1-2-6-11/h10-12,14,16H,1-9H2,(H,15,17). The number of aliphatic hydroxyl groups excluding tert-OH is 1. The number of carbonyl (C=O) groups excluding carboxylic acids is 1. The molecule has 0 aromatic carbocycles. The molecule has 2 aliphatic rings. The highest BCUT2D eigenvalue weighted by Gasteiger charge is 2.27. The van der Waals surface area contributed by atoms with Crippen LogP contribution in [0.1, 0.15) is 44.9 Å². The predicted molar refractivity (Wildman–Crippen MR) is 66.6 cm³/mol. The van der Waals surface area contributed by atoms with Crippen LogP contribution < -0.4 is 10.6 Å². The first-order chi connectivity index (χ1) is 8.29. The van der Waals surface area contributed by atoms with Gasteiger partial charge in [0.15, 0.2) is 0 Å². The molecule has 4 heteroatoms. The molecule has 2 rings (SSSR count). The lowest BCUT2D eigenvalue weighted by Crippen LogP contribution is -2.44. The molecule has 98 valence electrons. The smallest absolute Gasteiger partial charge is 0.234 e. The molecule has 2 saturated carbocycles. The second-order valence-corrected chi connectivity index (χ2v) is 5.41. The Morgan fingerprint density at radius 2 is 1.88 bits per heavy atom. The third-order valence-corrected chi connectivity index (χ3v) is 4.15. The van der Waals surface area contributed by atoms with Crippen LogP contribution in [0.4, 0.5) is 0 Å². The van der Waals surface area contributed by atoms with Gasteiger partial charge in [-0.1, -0.05) is 19.3 Å². The van der Waals surface area contributed by atoms with E-state index in [9.17, 15) is 9.90 Å². The maximum absolute atomic E-state index is 11.8. The highest BCUT2D eigenvalue weighted by molar-refractivity contribution is 5.78. The Kier molecular flexibility index (Phi) is 4.80. The van der Waals surface area contributed by atoms with Crippen LogP contribution in [0.15, 0.2) is 0 Å². The van der Waals surface area contributed by atoms with Gasteiger partial charge in [-0.15, -0.1) is 0 Å². The Morgan fingerprint density at radius 1 is 1.12 bits per heavy atom. The van der Waals surface area contributed by atoms with Gasteiger partial charge in [-0.05, 0) is 25.7 Å². The summed E-state index contributed by atoms with van der Waals surface area (Å²) in [5.74, 6) is 0.354. The zero-order valence-electron chi connectivity index (χ0n) is 10.5. The molecule has 0 aromatic rings. The first-order valence-corrected chi connectivity index (χ1v) is 6.93. The minimum atomic E-state index is 0.0854. The van der Waals surface area contributed by atoms with Crippen LogP contribution in [0.5, 0.6) is 0 Å². The number of rotatable bonds is 5. The monoisotopic (exact) mass is 240 g/mol. The van der Waals surface area contributed by atoms with E-state index in [4.69, 9.17) is 0 Å². The molecular weight excluding hydrogens is 216 g/mol. The SMILES string of the molecule is O=C(CNC1CCCC1)NC1CCCC1CO. The van der Waals surface area contributed by atoms with Gasteiger partial charge in [0.2, 0.25) is 5.91 Å². The van der Waals surface area contributed by atoms with Crippen LogP contribution in [0.2, 0.25) is 0 Å². The summed E-state index contributed by atoms with van der Waals surface area (Å²) in [6, 6.07) is 0.732. The third kappa shape index (κ3) is 3.68. The van der Waals surface area contributed by atoms with Crippen molar-refractivity contribution < 1.29 is 9.90 Å². The molecule has 4 nitrogen and oxygen atoms in total. The molecule has 2 aliphatic carbocycles. The fourth-order valence-corrected chi connectivity index (χ4v) is 3.07. The van der Waals surface area contributed by atoms with Gasteiger partial charge in [0, 0.05) is 24.6 Å². The van der Waals surface area contributed by atoms with E-state index in [-0.39, 0.29) is 24.5 Å². The van der Waals surface area contributed by atoms with Crippen LogP contribution >= 0.6 is 0 Å². The Hall–Kier alpha value is -0.610. The van der Waals surface area contributed by atoms with E-state index in [0.29, 0.717) is 12.6 Å². The third-order valence-electron chi connectivity index (χ3n) is 4.15. The lowest BCUT2D eigenvalue weighted by molar-refractivity contribution is -0.121. The van der Waals surface area contributed by atoms with Crippen LogP contribution in [0, 0.1) is 5.92 Å². The first kappa shape index (κ1) is 12.8. The van der Waals surface area contributed by atoms with Crippen molar-refractivity contribution >= 4 is 5.91 Å². The molecule has 2 unspecified atom stereocenters. The quantitative estimate of drug-likeness (QED) is 0.666. The van der Waals surface area contributed by atoms with Gasteiger partial charge >= 0.3 is 0 Å². The minimum Gasteiger partial charge on any atom is -0.396 e. The molecule has 1 amide bonds. The second kappa shape index (κ2) is 6.36. The molecule has 0 spiro atoms. The van der Waals surface area contributed by atoms with Crippen molar-refractivity contribution in [1.29, 1.82) is 0 Å². The number of amides is 1. The van der Waals surface area contributed by atoms with Crippen molar-refractivity contribution in [2.75, 3.05) is 13.2 Å². The number of nitrogens with one attached hydrogen (secondary N) is 2. The van der Waals surface area contributed by atoms with Gasteiger partial charge in [-0.25, -0.2) is 0 Å². The Labute approximate surface area is 103 Å². The Balaban J connectivity index is 1.65. The average Bonchev–Trinajstić information content (AvgIpc) is 2.97. The van der Waals surface area contributed by atoms with Gasteiger partial charge in [0.1, 0.15) is 0 Å². The first-order valence-electron chi connectivity index (χ1n) is 6.93. The fourth-order valence-electron chi connectivity index (χ4n) is 3.07. The molecule has 0 radical (unpaired) electrons. The van der Waals surface area contributed by atoms with Crippen molar-refractivity contribution in [2.45, 2.75) is 57.0 Å². The summed E-state index contributed by atoms with van der Waals surface area (Å²) in [6.45, 7) is 0.625. The second-order valence-electron chi connectivity index (χ2n) is 5.41. The summed E-state index contributed by atoms with van der Waals surface area (Å²) in [5, 5.41) is 15.5. The molecule has 0 heterocycles. The highest BCUT2D eigenvalue weighted by Crippen LogP contribution is 2.24. The normalized spacial score (nSPS) is 29.7. The topological polar surface area (TPSA) is 61.4 Å². The van der Waals surface area contributed by atoms with Crippen LogP contribution in [0.3, 0.4) is 0 Å². The molecule has 3 N–H and O–H groups in total. The highest BCUT2D eigenvalue weighted by atomic mass is 16.3. The zero-order chi connectivity index (χ0) is 12.1. The summed E-state index contributed by atoms with van der Waals surface area (Å²) < 4.78 is 0. The van der Waals surface area contributed by atoms with E-state index >= 15 is 0 Å². The van der Waals surface area contributed by atoms with Crippen molar-refractivity contribution in [3.05, 3.63) is 0 Å². The Morgan fingerprint density at radius 3 is 2.59 bits per heavy atom. The molecule has 0 bridgehead atoms. The molecular formula is C13H24N2O2. The summed E-state index contributed by atoms with van der Waals surface area (Å²) in [6.07, 6.45) is 8.15. The molecule has 0 aliphatic heterocycles. The van der Waals surface area contributed by atoms with Gasteiger partial charge in [0.25, 0.3) is 0 Å². The average molecular weight is 240 g/mol. The van der Waals surface area contributed by atoms with Crippen molar-refractivity contribution in [3.63, 3.8) is 0 Å². The maximum atomic E-state index is 11.8. The summed E-state index contributed by atoms with van der Waals surface area (Å²) in [5.41, 5.74) is 0. The maximum Gasteiger partial charge on any atom is 0.234 e. The van der Waals surface area contributed by atoms with Crippen molar-refractivity contribution in [1.82, 2.24) is 10.6 Å². The van der Waals surface area contributed by atoms with Crippen LogP contribution in [-0.4, -0.2) is 36.2 Å². The summed E-state index contributed by atoms with van der Waals surface area (Å²) >= 11 is 0. The number of hydrogen-bond donors (Lipinski definition) is 3. The van der Waals surface area contributed by atoms with Gasteiger partial charge in [-0.2, -0.15) is 0 Å². The van der Waals surface area contributed by atoms with E-state index < -0.39 is 0 Å². The molecule has 17 heavy (non-hydrogen) atoms. The van der Waals surface area contributed by atoms with Crippen LogP contribution in [-0.2, 0) is 4.79 Å². The molecule has 2 fully saturated rings. The van der Waals surface area contributed by atoms with E-state index in [0.717, 1.165) is 19.3 Å². The fraction of sp³-hybridized carbons (Fsp3) is 0.923. The number of aliphatic hydroxyl groups is 1. The lowest BCUT2D eigenvalue weighted by Gasteiger charge is -2.20. The minimum absolute atomic E-state index is 0.0854. The van der Waals surface area contributed by atoms with Gasteiger partial charge in [0.05, 0.1) is 6.54 Å². The van der Waals surface area contributed by atoms with E-state index in [1.54, 1.807) is 0 Å². The largest absolute Gasteiger partial charge is 0.396 e. The van der Waals surface area contributed by atoms with E-state index in [1.807, 2.05) is 0 Å². The van der Waals surface area contributed by atoms with E-state index in [1.165, 1.54) is 25.7 Å². The molecule has 2 atom stereocenters. The van der Waals surface area contributed by atoms with Gasteiger partial charge < -0.3 is 15.7 Å². The number of carbonyl (C=O) groups is 1. The number of hydrogen-bond acceptors (Lipinski definition) is 3. The van der Waals surface area contributed by atoms with E-state index in [2.05, 4.69) is 10.6 Å². The van der Waals surface area contributed by atoms with Crippen molar-refractivity contribution in [3.8, 4) is 0 Å². The summed E-state index contributed by atoms with van der Waals surface area (Å²) in [7, 11) is 0. The van der Waals surface area contributed by atoms with Gasteiger partial charge in [-0.3, -0.25) is 4.79 Å².